The molecule has 0 saturated heterocycles. The van der Waals surface area contributed by atoms with Crippen LogP contribution in [0.4, 0.5) is 0 Å². The molecular weight excluding hydrogens is 332 g/mol. The smallest absolute Gasteiger partial charge is 0.269 e. The van der Waals surface area contributed by atoms with E-state index in [0.717, 1.165) is 12.1 Å². The van der Waals surface area contributed by atoms with Crippen molar-refractivity contribution >= 4 is 20.0 Å². The Bertz CT molecular complexity index is 915. The van der Waals surface area contributed by atoms with E-state index in [-0.39, 0.29) is 5.56 Å². The van der Waals surface area contributed by atoms with Crippen LogP contribution in [0.3, 0.4) is 0 Å². The number of sulfone groups is 1. The van der Waals surface area contributed by atoms with Crippen LogP contribution in [0, 0.1) is 0 Å². The van der Waals surface area contributed by atoms with Crippen LogP contribution in [-0.2, 0) is 25.7 Å². The highest BCUT2D eigenvalue weighted by molar-refractivity contribution is 7.91. The van der Waals surface area contributed by atoms with Gasteiger partial charge >= 0.3 is 0 Å². The average molecular weight is 344 g/mol. The fourth-order valence-corrected chi connectivity index (χ4v) is 4.01. The zero-order valence-electron chi connectivity index (χ0n) is 11.0. The maximum absolute atomic E-state index is 12.5. The van der Waals surface area contributed by atoms with Gasteiger partial charge in [0.2, 0.25) is 9.84 Å². The van der Waals surface area contributed by atoms with Gasteiger partial charge < -0.3 is 10.2 Å². The molecule has 0 fully saturated rings. The Kier molecular flexibility index (Phi) is 4.14. The van der Waals surface area contributed by atoms with Crippen LogP contribution < -0.4 is 0 Å². The topological polar surface area (TPSA) is 129 Å². The lowest BCUT2D eigenvalue weighted by Gasteiger charge is -2.11. The van der Waals surface area contributed by atoms with Crippen molar-refractivity contribution in [1.82, 2.24) is 0 Å². The van der Waals surface area contributed by atoms with E-state index in [0.29, 0.717) is 0 Å². The summed E-state index contributed by atoms with van der Waals surface area (Å²) in [5, 5.41) is 19.7. The molecule has 0 atom stereocenters. The molecule has 3 N–H and O–H groups in total. The lowest BCUT2D eigenvalue weighted by Crippen LogP contribution is -2.06. The first-order valence-electron chi connectivity index (χ1n) is 5.92. The molecule has 0 unspecified atom stereocenters. The van der Waals surface area contributed by atoms with E-state index < -0.39 is 47.0 Å². The van der Waals surface area contributed by atoms with Crippen molar-refractivity contribution in [3.63, 3.8) is 0 Å². The molecular formula is C13H12O7S2. The molecule has 22 heavy (non-hydrogen) atoms. The minimum Gasteiger partial charge on any atom is -0.507 e. The first kappa shape index (κ1) is 16.3. The van der Waals surface area contributed by atoms with Crippen molar-refractivity contribution in [2.24, 2.45) is 0 Å². The Morgan fingerprint density at radius 2 is 1.41 bits per heavy atom. The van der Waals surface area contributed by atoms with E-state index >= 15 is 0 Å². The highest BCUT2D eigenvalue weighted by atomic mass is 32.2. The molecule has 2 rings (SSSR count). The molecule has 0 aliphatic heterocycles. The van der Waals surface area contributed by atoms with Gasteiger partial charge in [-0.25, -0.2) is 8.42 Å². The highest BCUT2D eigenvalue weighted by Crippen LogP contribution is 2.35. The van der Waals surface area contributed by atoms with Crippen LogP contribution in [0.5, 0.6) is 11.5 Å². The normalized spacial score (nSPS) is 12.2. The summed E-state index contributed by atoms with van der Waals surface area (Å²) >= 11 is 0. The first-order chi connectivity index (χ1) is 10.1. The summed E-state index contributed by atoms with van der Waals surface area (Å²) < 4.78 is 55.5. The summed E-state index contributed by atoms with van der Waals surface area (Å²) in [7, 11) is -8.69. The van der Waals surface area contributed by atoms with Crippen molar-refractivity contribution in [3.05, 3.63) is 48.0 Å². The molecule has 0 aliphatic rings. The maximum Gasteiger partial charge on any atom is 0.269 e. The summed E-state index contributed by atoms with van der Waals surface area (Å²) in [6, 6.07) is 8.63. The average Bonchev–Trinajstić information content (AvgIpc) is 2.39. The van der Waals surface area contributed by atoms with Crippen LogP contribution >= 0.6 is 0 Å². The molecule has 0 radical (unpaired) electrons. The van der Waals surface area contributed by atoms with E-state index in [1.165, 1.54) is 30.3 Å². The highest BCUT2D eigenvalue weighted by Gasteiger charge is 2.26. The second kappa shape index (κ2) is 5.59. The van der Waals surface area contributed by atoms with Crippen molar-refractivity contribution in [1.29, 1.82) is 0 Å². The van der Waals surface area contributed by atoms with E-state index in [4.69, 9.17) is 4.55 Å². The number of phenols is 2. The number of hydrogen-bond donors (Lipinski definition) is 3. The summed E-state index contributed by atoms with van der Waals surface area (Å²) in [4.78, 5) is -0.982. The van der Waals surface area contributed by atoms with Crippen molar-refractivity contribution in [3.8, 4) is 11.5 Å². The molecule has 0 aromatic heterocycles. The Balaban J connectivity index is 2.63. The van der Waals surface area contributed by atoms with Gasteiger partial charge in [0.05, 0.1) is 0 Å². The Morgan fingerprint density at radius 1 is 0.818 bits per heavy atom. The van der Waals surface area contributed by atoms with E-state index in [1.807, 2.05) is 0 Å². The molecule has 2 aromatic rings. The minimum atomic E-state index is -4.44. The van der Waals surface area contributed by atoms with E-state index in [2.05, 4.69) is 0 Å². The van der Waals surface area contributed by atoms with Crippen molar-refractivity contribution < 1.29 is 31.6 Å². The predicted octanol–water partition coefficient (Wildman–Crippen LogP) is 1.32. The summed E-state index contributed by atoms with van der Waals surface area (Å²) in [5.41, 5.74) is -0.265. The number of phenolic OH excluding ortho intramolecular Hbond substituents is 2. The minimum absolute atomic E-state index is 0.265. The van der Waals surface area contributed by atoms with Crippen LogP contribution in [-0.4, -0.2) is 31.6 Å². The summed E-state index contributed by atoms with van der Waals surface area (Å²) in [5.74, 6) is -2.21. The molecule has 0 amide bonds. The molecule has 0 spiro atoms. The van der Waals surface area contributed by atoms with Crippen LogP contribution in [0.15, 0.2) is 52.3 Å². The number of aromatic hydroxyl groups is 2. The Labute approximate surface area is 127 Å². The third kappa shape index (κ3) is 3.21. The van der Waals surface area contributed by atoms with Gasteiger partial charge in [0.15, 0.2) is 0 Å². The lowest BCUT2D eigenvalue weighted by molar-refractivity contribution is 0.445. The summed E-state index contributed by atoms with van der Waals surface area (Å²) in [6.07, 6.45) is 0. The molecule has 0 bridgehead atoms. The maximum atomic E-state index is 12.5. The zero-order chi connectivity index (χ0) is 16.5. The second-order valence-electron chi connectivity index (χ2n) is 4.46. The molecule has 118 valence electrons. The fourth-order valence-electron chi connectivity index (χ4n) is 1.90. The van der Waals surface area contributed by atoms with E-state index in [1.54, 1.807) is 0 Å². The first-order valence-corrected chi connectivity index (χ1v) is 9.01. The Morgan fingerprint density at radius 3 is 2.00 bits per heavy atom. The van der Waals surface area contributed by atoms with Crippen LogP contribution in [0.2, 0.25) is 0 Å². The second-order valence-corrected chi connectivity index (χ2v) is 7.80. The predicted molar refractivity (Wildman–Crippen MR) is 76.9 cm³/mol. The standard InChI is InChI=1S/C13H12O7S2/c14-10-5-1-2-6-11(10)22(19,20)12-7-3-4-9(13(12)15)8-21(16,17)18/h1-7,14-15H,8H2,(H,16,17,18). The zero-order valence-corrected chi connectivity index (χ0v) is 12.7. The van der Waals surface area contributed by atoms with Crippen LogP contribution in [0.25, 0.3) is 0 Å². The fraction of sp³-hybridized carbons (Fsp3) is 0.0769. The van der Waals surface area contributed by atoms with Gasteiger partial charge in [0.25, 0.3) is 10.1 Å². The van der Waals surface area contributed by atoms with Gasteiger partial charge in [-0.3, -0.25) is 4.55 Å². The van der Waals surface area contributed by atoms with Crippen molar-refractivity contribution in [2.75, 3.05) is 0 Å². The quantitative estimate of drug-likeness (QED) is 0.713. The number of benzene rings is 2. The van der Waals surface area contributed by atoms with Gasteiger partial charge in [-0.2, -0.15) is 8.42 Å². The lowest BCUT2D eigenvalue weighted by atomic mass is 10.2. The molecule has 2 aromatic carbocycles. The monoisotopic (exact) mass is 344 g/mol. The summed E-state index contributed by atoms with van der Waals surface area (Å²) in [6.45, 7) is 0. The van der Waals surface area contributed by atoms with Gasteiger partial charge in [-0.05, 0) is 18.2 Å². The van der Waals surface area contributed by atoms with Gasteiger partial charge in [0.1, 0.15) is 27.0 Å². The molecule has 0 saturated carbocycles. The van der Waals surface area contributed by atoms with E-state index in [9.17, 15) is 27.0 Å². The number of rotatable bonds is 4. The largest absolute Gasteiger partial charge is 0.507 e. The SMILES string of the molecule is O=S(=O)(O)Cc1cccc(S(=O)(=O)c2ccccc2O)c1O. The molecule has 7 nitrogen and oxygen atoms in total. The molecule has 9 heteroatoms. The number of hydrogen-bond acceptors (Lipinski definition) is 6. The van der Waals surface area contributed by atoms with Crippen molar-refractivity contribution in [2.45, 2.75) is 15.5 Å². The number of para-hydroxylation sites is 2. The Hall–Kier alpha value is -2.10. The molecule has 0 heterocycles. The third-order valence-electron chi connectivity index (χ3n) is 2.86. The van der Waals surface area contributed by atoms with Gasteiger partial charge in [0, 0.05) is 5.56 Å². The van der Waals surface area contributed by atoms with Gasteiger partial charge in [-0.15, -0.1) is 0 Å². The van der Waals surface area contributed by atoms with Crippen LogP contribution in [0.1, 0.15) is 5.56 Å². The van der Waals surface area contributed by atoms with Gasteiger partial charge in [-0.1, -0.05) is 24.3 Å². The third-order valence-corrected chi connectivity index (χ3v) is 5.37. The molecule has 0 aliphatic carbocycles.